The van der Waals surface area contributed by atoms with E-state index in [1.54, 1.807) is 22.7 Å². The van der Waals surface area contributed by atoms with Crippen LogP contribution in [-0.4, -0.2) is 26.4 Å². The number of carbonyl (C=O) groups excluding carboxylic acids is 1. The van der Waals surface area contributed by atoms with Gasteiger partial charge in [0.05, 0.1) is 11.4 Å². The first-order valence-electron chi connectivity index (χ1n) is 6.98. The van der Waals surface area contributed by atoms with Gasteiger partial charge >= 0.3 is 5.97 Å². The molecule has 0 saturated carbocycles. The predicted octanol–water partition coefficient (Wildman–Crippen LogP) is 3.34. The van der Waals surface area contributed by atoms with E-state index < -0.39 is 11.9 Å². The molecule has 0 fully saturated rings. The molecular weight excluding hydrogens is 374 g/mol. The molecule has 2 N–H and O–H groups in total. The predicted molar refractivity (Wildman–Crippen MR) is 93.7 cm³/mol. The van der Waals surface area contributed by atoms with E-state index in [1.807, 2.05) is 30.5 Å². The second kappa shape index (κ2) is 6.67. The second-order valence-electron chi connectivity index (χ2n) is 4.98. The molecule has 3 rings (SSSR count). The summed E-state index contributed by atoms with van der Waals surface area (Å²) in [7, 11) is 0. The lowest BCUT2D eigenvalue weighted by molar-refractivity contribution is -0.131. The Morgan fingerprint density at radius 2 is 1.83 bits per heavy atom. The topological polar surface area (TPSA) is 83.7 Å². The molecule has 7 heteroatoms. The van der Waals surface area contributed by atoms with Crippen molar-refractivity contribution in [1.82, 2.24) is 9.38 Å². The number of carboxylic acids is 1. The average Bonchev–Trinajstić information content (AvgIpc) is 2.97. The Labute approximate surface area is 145 Å². The summed E-state index contributed by atoms with van der Waals surface area (Å²) < 4.78 is 2.79. The highest BCUT2D eigenvalue weighted by atomic mass is 79.9. The van der Waals surface area contributed by atoms with Gasteiger partial charge in [0.1, 0.15) is 5.65 Å². The molecule has 24 heavy (non-hydrogen) atoms. The second-order valence-corrected chi connectivity index (χ2v) is 5.89. The molecule has 0 bridgehead atoms. The summed E-state index contributed by atoms with van der Waals surface area (Å²) >= 11 is 3.40. The number of carbonyl (C=O) groups is 2. The minimum Gasteiger partial charge on any atom is -0.478 e. The van der Waals surface area contributed by atoms with Crippen molar-refractivity contribution < 1.29 is 14.7 Å². The van der Waals surface area contributed by atoms with Crippen LogP contribution in [0.5, 0.6) is 0 Å². The van der Waals surface area contributed by atoms with Gasteiger partial charge in [0.2, 0.25) is 5.91 Å². The third-order valence-electron chi connectivity index (χ3n) is 3.24. The number of hydrogen-bond acceptors (Lipinski definition) is 3. The van der Waals surface area contributed by atoms with E-state index in [-0.39, 0.29) is 0 Å². The van der Waals surface area contributed by atoms with E-state index >= 15 is 0 Å². The first-order valence-corrected chi connectivity index (χ1v) is 7.77. The van der Waals surface area contributed by atoms with E-state index in [4.69, 9.17) is 5.11 Å². The lowest BCUT2D eigenvalue weighted by Crippen LogP contribution is -2.09. The molecule has 0 atom stereocenters. The number of nitrogens with zero attached hydrogens (tertiary/aromatic N) is 2. The summed E-state index contributed by atoms with van der Waals surface area (Å²) in [6, 6.07) is 11.3. The van der Waals surface area contributed by atoms with Gasteiger partial charge in [0, 0.05) is 34.6 Å². The van der Waals surface area contributed by atoms with Crippen molar-refractivity contribution in [2.75, 3.05) is 5.32 Å². The molecule has 120 valence electrons. The molecule has 1 aromatic carbocycles. The molecule has 0 saturated heterocycles. The Bertz CT molecular complexity index is 945. The summed E-state index contributed by atoms with van der Waals surface area (Å²) in [5, 5.41) is 11.1. The van der Waals surface area contributed by atoms with Crippen LogP contribution in [0.2, 0.25) is 0 Å². The highest BCUT2D eigenvalue weighted by molar-refractivity contribution is 9.10. The number of aliphatic carboxylic acids is 1. The number of pyridine rings is 1. The fourth-order valence-electron chi connectivity index (χ4n) is 2.16. The quantitative estimate of drug-likeness (QED) is 0.674. The standard InChI is InChI=1S/C17H12BrN3O3/c18-12-3-1-11(2-4-12)14-10-21-9-13(5-6-15(21)20-14)19-16(22)7-8-17(23)24/h1-10H,(H,19,22)(H,23,24)/b8-7+. The average molecular weight is 386 g/mol. The maximum atomic E-state index is 11.6. The molecule has 0 aliphatic carbocycles. The fraction of sp³-hybridized carbons (Fsp3) is 0. The van der Waals surface area contributed by atoms with Crippen LogP contribution in [0.1, 0.15) is 0 Å². The third kappa shape index (κ3) is 3.69. The maximum Gasteiger partial charge on any atom is 0.328 e. The minimum absolute atomic E-state index is 0.509. The molecule has 1 amide bonds. The normalized spacial score (nSPS) is 11.0. The number of anilines is 1. The van der Waals surface area contributed by atoms with Gasteiger partial charge in [0.15, 0.2) is 0 Å². The van der Waals surface area contributed by atoms with E-state index in [2.05, 4.69) is 26.2 Å². The third-order valence-corrected chi connectivity index (χ3v) is 3.76. The van der Waals surface area contributed by atoms with Crippen molar-refractivity contribution in [2.45, 2.75) is 0 Å². The number of benzene rings is 1. The molecule has 2 aromatic heterocycles. The van der Waals surface area contributed by atoms with E-state index in [9.17, 15) is 9.59 Å². The maximum absolute atomic E-state index is 11.6. The first-order chi connectivity index (χ1) is 11.5. The van der Waals surface area contributed by atoms with Gasteiger partial charge in [-0.05, 0) is 24.3 Å². The van der Waals surface area contributed by atoms with E-state index in [0.717, 1.165) is 33.5 Å². The Hall–Kier alpha value is -2.93. The molecule has 0 unspecified atom stereocenters. The number of rotatable bonds is 4. The Kier molecular flexibility index (Phi) is 4.43. The Balaban J connectivity index is 1.85. The lowest BCUT2D eigenvalue weighted by Gasteiger charge is -2.02. The Morgan fingerprint density at radius 1 is 1.08 bits per heavy atom. The van der Waals surface area contributed by atoms with Gasteiger partial charge in [-0.2, -0.15) is 0 Å². The lowest BCUT2D eigenvalue weighted by atomic mass is 10.2. The van der Waals surface area contributed by atoms with Gasteiger partial charge in [0.25, 0.3) is 0 Å². The van der Waals surface area contributed by atoms with Crippen LogP contribution in [-0.2, 0) is 9.59 Å². The van der Waals surface area contributed by atoms with Gasteiger partial charge < -0.3 is 14.8 Å². The van der Waals surface area contributed by atoms with E-state index in [0.29, 0.717) is 5.69 Å². The minimum atomic E-state index is -1.17. The number of aromatic nitrogens is 2. The van der Waals surface area contributed by atoms with Crippen molar-refractivity contribution in [3.05, 3.63) is 65.4 Å². The summed E-state index contributed by atoms with van der Waals surface area (Å²) in [5.41, 5.74) is 3.09. The number of fused-ring (bicyclic) bond motifs is 1. The van der Waals surface area contributed by atoms with Gasteiger partial charge in [-0.25, -0.2) is 9.78 Å². The van der Waals surface area contributed by atoms with Crippen molar-refractivity contribution in [2.24, 2.45) is 0 Å². The van der Waals surface area contributed by atoms with Crippen LogP contribution in [0.4, 0.5) is 5.69 Å². The van der Waals surface area contributed by atoms with Crippen molar-refractivity contribution in [3.63, 3.8) is 0 Å². The summed E-state index contributed by atoms with van der Waals surface area (Å²) in [6.07, 6.45) is 5.34. The smallest absolute Gasteiger partial charge is 0.328 e. The monoisotopic (exact) mass is 385 g/mol. The molecule has 6 nitrogen and oxygen atoms in total. The van der Waals surface area contributed by atoms with Crippen molar-refractivity contribution in [1.29, 1.82) is 0 Å². The molecule has 0 spiro atoms. The first kappa shape index (κ1) is 15.9. The number of carboxylic acid groups (broad SMARTS) is 1. The number of nitrogens with one attached hydrogen (secondary N) is 1. The van der Waals surface area contributed by atoms with Crippen LogP contribution in [0, 0.1) is 0 Å². The summed E-state index contributed by atoms with van der Waals surface area (Å²) in [4.78, 5) is 26.6. The molecule has 2 heterocycles. The van der Waals surface area contributed by atoms with E-state index in [1.165, 1.54) is 0 Å². The zero-order valence-corrected chi connectivity index (χ0v) is 13.9. The van der Waals surface area contributed by atoms with Gasteiger partial charge in [-0.15, -0.1) is 0 Å². The van der Waals surface area contributed by atoms with Crippen LogP contribution in [0.15, 0.2) is 65.4 Å². The van der Waals surface area contributed by atoms with Crippen LogP contribution in [0.25, 0.3) is 16.9 Å². The molecule has 0 aliphatic rings. The largest absolute Gasteiger partial charge is 0.478 e. The number of imidazole rings is 1. The zero-order valence-electron chi connectivity index (χ0n) is 12.3. The highest BCUT2D eigenvalue weighted by Crippen LogP contribution is 2.22. The Morgan fingerprint density at radius 3 is 2.54 bits per heavy atom. The highest BCUT2D eigenvalue weighted by Gasteiger charge is 2.06. The van der Waals surface area contributed by atoms with Crippen LogP contribution >= 0.6 is 15.9 Å². The van der Waals surface area contributed by atoms with Gasteiger partial charge in [-0.1, -0.05) is 28.1 Å². The molecule has 0 radical (unpaired) electrons. The van der Waals surface area contributed by atoms with Crippen LogP contribution in [0.3, 0.4) is 0 Å². The number of halogens is 1. The molecular formula is C17H12BrN3O3. The molecule has 0 aliphatic heterocycles. The summed E-state index contributed by atoms with van der Waals surface area (Å²) in [6.45, 7) is 0. The zero-order chi connectivity index (χ0) is 17.1. The SMILES string of the molecule is O=C(O)/C=C/C(=O)Nc1ccc2nc(-c3ccc(Br)cc3)cn2c1. The van der Waals surface area contributed by atoms with Crippen molar-refractivity contribution >= 4 is 39.1 Å². The van der Waals surface area contributed by atoms with Crippen molar-refractivity contribution in [3.8, 4) is 11.3 Å². The number of amides is 1. The molecule has 3 aromatic rings. The van der Waals surface area contributed by atoms with Crippen LogP contribution < -0.4 is 5.32 Å². The summed E-state index contributed by atoms with van der Waals surface area (Å²) in [5.74, 6) is -1.68. The van der Waals surface area contributed by atoms with Gasteiger partial charge in [-0.3, -0.25) is 4.79 Å². The fourth-order valence-corrected chi connectivity index (χ4v) is 2.42. The number of hydrogen-bond donors (Lipinski definition) is 2.